The SMILES string of the molecule is Cl.N#Cc1cc(Cl)cc(N2CCNC3CC32)c1. The molecular formula is C12H13Cl2N3. The number of hydrogen-bond donors (Lipinski definition) is 1. The van der Waals surface area contributed by atoms with E-state index in [1.807, 2.05) is 12.1 Å². The number of piperazine rings is 1. The van der Waals surface area contributed by atoms with E-state index in [0.29, 0.717) is 22.7 Å². The lowest BCUT2D eigenvalue weighted by atomic mass is 10.2. The molecule has 3 rings (SSSR count). The monoisotopic (exact) mass is 269 g/mol. The Hall–Kier alpha value is -0.950. The van der Waals surface area contributed by atoms with Crippen LogP contribution in [0.1, 0.15) is 12.0 Å². The Morgan fingerprint density at radius 1 is 1.41 bits per heavy atom. The molecule has 90 valence electrons. The van der Waals surface area contributed by atoms with E-state index in [-0.39, 0.29) is 12.4 Å². The molecule has 2 unspecified atom stereocenters. The molecule has 1 aromatic carbocycles. The number of anilines is 1. The van der Waals surface area contributed by atoms with E-state index < -0.39 is 0 Å². The van der Waals surface area contributed by atoms with Gasteiger partial charge < -0.3 is 10.2 Å². The van der Waals surface area contributed by atoms with Gasteiger partial charge in [-0.05, 0) is 24.6 Å². The summed E-state index contributed by atoms with van der Waals surface area (Å²) in [6.07, 6.45) is 1.20. The summed E-state index contributed by atoms with van der Waals surface area (Å²) in [6, 6.07) is 8.96. The van der Waals surface area contributed by atoms with Crippen molar-refractivity contribution in [3.05, 3.63) is 28.8 Å². The van der Waals surface area contributed by atoms with Crippen molar-refractivity contribution >= 4 is 29.7 Å². The fourth-order valence-electron chi connectivity index (χ4n) is 2.41. The van der Waals surface area contributed by atoms with Crippen LogP contribution in [0.4, 0.5) is 5.69 Å². The lowest BCUT2D eigenvalue weighted by molar-refractivity contribution is 0.581. The molecule has 2 aliphatic rings. The Morgan fingerprint density at radius 2 is 2.24 bits per heavy atom. The summed E-state index contributed by atoms with van der Waals surface area (Å²) in [7, 11) is 0. The average Bonchev–Trinajstić information content (AvgIpc) is 3.06. The van der Waals surface area contributed by atoms with Crippen LogP contribution in [-0.2, 0) is 0 Å². The van der Waals surface area contributed by atoms with Crippen LogP contribution >= 0.6 is 24.0 Å². The molecule has 0 bridgehead atoms. The minimum atomic E-state index is 0. The number of hydrogen-bond acceptors (Lipinski definition) is 3. The van der Waals surface area contributed by atoms with Gasteiger partial charge in [-0.3, -0.25) is 0 Å². The third-order valence-corrected chi connectivity index (χ3v) is 3.48. The highest BCUT2D eigenvalue weighted by Gasteiger charge is 2.44. The molecule has 1 aromatic rings. The molecule has 0 aromatic heterocycles. The Labute approximate surface area is 112 Å². The summed E-state index contributed by atoms with van der Waals surface area (Å²) >= 11 is 6.02. The van der Waals surface area contributed by atoms with Crippen molar-refractivity contribution < 1.29 is 0 Å². The van der Waals surface area contributed by atoms with Gasteiger partial charge in [0.1, 0.15) is 0 Å². The van der Waals surface area contributed by atoms with Gasteiger partial charge in [-0.1, -0.05) is 11.6 Å². The fraction of sp³-hybridized carbons (Fsp3) is 0.417. The molecule has 0 spiro atoms. The first-order chi connectivity index (χ1) is 7.78. The van der Waals surface area contributed by atoms with Gasteiger partial charge in [0.15, 0.2) is 0 Å². The summed E-state index contributed by atoms with van der Waals surface area (Å²) in [5, 5.41) is 13.0. The van der Waals surface area contributed by atoms with E-state index in [1.165, 1.54) is 6.42 Å². The van der Waals surface area contributed by atoms with Crippen LogP contribution in [0.5, 0.6) is 0 Å². The summed E-state index contributed by atoms with van der Waals surface area (Å²) in [6.45, 7) is 2.00. The van der Waals surface area contributed by atoms with E-state index in [0.717, 1.165) is 18.8 Å². The summed E-state index contributed by atoms with van der Waals surface area (Å²) in [5.74, 6) is 0. The van der Waals surface area contributed by atoms with Crippen LogP contribution in [0.25, 0.3) is 0 Å². The molecule has 1 N–H and O–H groups in total. The molecule has 17 heavy (non-hydrogen) atoms. The predicted octanol–water partition coefficient (Wildman–Crippen LogP) is 2.18. The zero-order valence-electron chi connectivity index (χ0n) is 9.19. The highest BCUT2D eigenvalue weighted by atomic mass is 35.5. The quantitative estimate of drug-likeness (QED) is 0.850. The van der Waals surface area contributed by atoms with E-state index in [1.54, 1.807) is 6.07 Å². The highest BCUT2D eigenvalue weighted by Crippen LogP contribution is 2.35. The van der Waals surface area contributed by atoms with Crippen LogP contribution in [0, 0.1) is 11.3 Å². The second kappa shape index (κ2) is 4.73. The van der Waals surface area contributed by atoms with Crippen LogP contribution in [0.2, 0.25) is 5.02 Å². The second-order valence-corrected chi connectivity index (χ2v) is 4.80. The first kappa shape index (κ1) is 12.5. The lowest BCUT2D eigenvalue weighted by Crippen LogP contribution is -2.43. The summed E-state index contributed by atoms with van der Waals surface area (Å²) < 4.78 is 0. The molecule has 0 radical (unpaired) electrons. The minimum absolute atomic E-state index is 0. The van der Waals surface area contributed by atoms with Crippen molar-refractivity contribution in [3.63, 3.8) is 0 Å². The smallest absolute Gasteiger partial charge is 0.0992 e. The standard InChI is InChI=1S/C12H12ClN3.ClH/c13-9-3-8(7-14)4-10(5-9)16-2-1-15-11-6-12(11)16;/h3-5,11-12,15H,1-2,6H2;1H. The number of nitrogens with one attached hydrogen (secondary N) is 1. The fourth-order valence-corrected chi connectivity index (χ4v) is 2.64. The lowest BCUT2D eigenvalue weighted by Gasteiger charge is -2.29. The van der Waals surface area contributed by atoms with Crippen molar-refractivity contribution in [1.29, 1.82) is 5.26 Å². The normalized spacial score (nSPS) is 25.5. The molecule has 3 nitrogen and oxygen atoms in total. The molecule has 1 saturated heterocycles. The molecule has 1 saturated carbocycles. The predicted molar refractivity (Wildman–Crippen MR) is 71.0 cm³/mol. The molecular weight excluding hydrogens is 257 g/mol. The number of benzene rings is 1. The number of halogens is 2. The molecule has 2 atom stereocenters. The maximum Gasteiger partial charge on any atom is 0.0992 e. The van der Waals surface area contributed by atoms with Gasteiger partial charge in [-0.15, -0.1) is 12.4 Å². The van der Waals surface area contributed by atoms with E-state index in [9.17, 15) is 0 Å². The third-order valence-electron chi connectivity index (χ3n) is 3.26. The first-order valence-electron chi connectivity index (χ1n) is 5.48. The first-order valence-corrected chi connectivity index (χ1v) is 5.86. The summed E-state index contributed by atoms with van der Waals surface area (Å²) in [5.41, 5.74) is 1.72. The average molecular weight is 270 g/mol. The Balaban J connectivity index is 0.00000108. The number of rotatable bonds is 1. The zero-order valence-corrected chi connectivity index (χ0v) is 10.8. The van der Waals surface area contributed by atoms with E-state index in [4.69, 9.17) is 16.9 Å². The number of fused-ring (bicyclic) bond motifs is 1. The summed E-state index contributed by atoms with van der Waals surface area (Å²) in [4.78, 5) is 2.36. The topological polar surface area (TPSA) is 39.1 Å². The van der Waals surface area contributed by atoms with Gasteiger partial charge in [-0.2, -0.15) is 5.26 Å². The Kier molecular flexibility index (Phi) is 3.48. The van der Waals surface area contributed by atoms with Gasteiger partial charge >= 0.3 is 0 Å². The molecule has 1 aliphatic heterocycles. The van der Waals surface area contributed by atoms with Crippen molar-refractivity contribution in [1.82, 2.24) is 5.32 Å². The van der Waals surface area contributed by atoms with Crippen LogP contribution < -0.4 is 10.2 Å². The van der Waals surface area contributed by atoms with Gasteiger partial charge in [0.2, 0.25) is 0 Å². The van der Waals surface area contributed by atoms with Crippen molar-refractivity contribution in [2.75, 3.05) is 18.0 Å². The molecule has 5 heteroatoms. The zero-order chi connectivity index (χ0) is 11.1. The molecule has 1 aliphatic carbocycles. The number of nitrogens with zero attached hydrogens (tertiary/aromatic N) is 2. The van der Waals surface area contributed by atoms with Gasteiger partial charge in [0, 0.05) is 35.9 Å². The minimum Gasteiger partial charge on any atom is -0.366 e. The highest BCUT2D eigenvalue weighted by molar-refractivity contribution is 6.31. The van der Waals surface area contributed by atoms with Crippen LogP contribution in [-0.4, -0.2) is 25.2 Å². The molecule has 0 amide bonds. The maximum atomic E-state index is 8.92. The third kappa shape index (κ3) is 2.35. The maximum absolute atomic E-state index is 8.92. The van der Waals surface area contributed by atoms with E-state index >= 15 is 0 Å². The van der Waals surface area contributed by atoms with E-state index in [2.05, 4.69) is 16.3 Å². The van der Waals surface area contributed by atoms with Crippen LogP contribution in [0.15, 0.2) is 18.2 Å². The van der Waals surface area contributed by atoms with Crippen molar-refractivity contribution in [2.24, 2.45) is 0 Å². The molecule has 1 heterocycles. The number of nitriles is 1. The second-order valence-electron chi connectivity index (χ2n) is 4.37. The van der Waals surface area contributed by atoms with Crippen LogP contribution in [0.3, 0.4) is 0 Å². The Bertz CT molecular complexity index is 469. The van der Waals surface area contributed by atoms with Crippen molar-refractivity contribution in [2.45, 2.75) is 18.5 Å². The Morgan fingerprint density at radius 3 is 3.00 bits per heavy atom. The molecule has 2 fully saturated rings. The largest absolute Gasteiger partial charge is 0.366 e. The van der Waals surface area contributed by atoms with Gasteiger partial charge in [-0.25, -0.2) is 0 Å². The van der Waals surface area contributed by atoms with Gasteiger partial charge in [0.05, 0.1) is 11.6 Å². The van der Waals surface area contributed by atoms with Crippen molar-refractivity contribution in [3.8, 4) is 6.07 Å². The van der Waals surface area contributed by atoms with Gasteiger partial charge in [0.25, 0.3) is 0 Å².